The Kier molecular flexibility index (Phi) is 4.66. The van der Waals surface area contributed by atoms with Crippen LogP contribution < -0.4 is 5.32 Å². The van der Waals surface area contributed by atoms with Crippen LogP contribution in [0.4, 0.5) is 0 Å². The first-order valence-electron chi connectivity index (χ1n) is 5.79. The Hall–Kier alpha value is -1.71. The van der Waals surface area contributed by atoms with Crippen molar-refractivity contribution in [3.8, 4) is 0 Å². The van der Waals surface area contributed by atoms with E-state index in [0.717, 1.165) is 5.56 Å². The minimum Gasteiger partial charge on any atom is -0.369 e. The molecule has 0 heterocycles. The molecule has 4 heteroatoms. The fourth-order valence-corrected chi connectivity index (χ4v) is 1.91. The number of benzene rings is 2. The zero-order chi connectivity index (χ0) is 13.7. The number of rotatable bonds is 4. The number of hydrogen-bond donors (Lipinski definition) is 1. The molecular formula is C15H12ClNOS. The maximum atomic E-state index is 12.0. The van der Waals surface area contributed by atoms with Gasteiger partial charge in [0.25, 0.3) is 0 Å². The maximum Gasteiger partial charge on any atom is 0.219 e. The summed E-state index contributed by atoms with van der Waals surface area (Å²) in [5.41, 5.74) is 1.61. The molecule has 2 aromatic rings. The summed E-state index contributed by atoms with van der Waals surface area (Å²) < 4.78 is 0. The summed E-state index contributed by atoms with van der Waals surface area (Å²) in [5.74, 6) is -0.192. The van der Waals surface area contributed by atoms with E-state index < -0.39 is 0 Å². The standard InChI is InChI=1S/C15H12ClNOS/c16-13-8-6-12(7-9-13)14(18)15(19)17-10-11-4-2-1-3-5-11/h1-9H,10H2,(H,17,19). The highest BCUT2D eigenvalue weighted by molar-refractivity contribution is 7.82. The van der Waals surface area contributed by atoms with Crippen molar-refractivity contribution in [2.45, 2.75) is 6.54 Å². The summed E-state index contributed by atoms with van der Waals surface area (Å²) in [7, 11) is 0. The van der Waals surface area contributed by atoms with Gasteiger partial charge in [-0.05, 0) is 29.8 Å². The molecule has 0 spiro atoms. The number of ketones is 1. The predicted molar refractivity (Wildman–Crippen MR) is 81.7 cm³/mol. The molecule has 0 saturated heterocycles. The minimum atomic E-state index is -0.192. The van der Waals surface area contributed by atoms with Gasteiger partial charge in [0.1, 0.15) is 4.99 Å². The molecule has 0 unspecified atom stereocenters. The SMILES string of the molecule is O=C(C(=S)NCc1ccccc1)c1ccc(Cl)cc1. The minimum absolute atomic E-state index is 0.192. The Bertz CT molecular complexity index is 581. The lowest BCUT2D eigenvalue weighted by atomic mass is 10.1. The van der Waals surface area contributed by atoms with Gasteiger partial charge in [-0.25, -0.2) is 0 Å². The molecule has 2 rings (SSSR count). The number of Topliss-reactive ketones (excluding diaryl/α,β-unsaturated/α-hetero) is 1. The summed E-state index contributed by atoms with van der Waals surface area (Å²) in [6.45, 7) is 0.541. The Balaban J connectivity index is 1.96. The summed E-state index contributed by atoms with van der Waals surface area (Å²) in [6, 6.07) is 16.5. The van der Waals surface area contributed by atoms with Gasteiger partial charge in [0, 0.05) is 17.1 Å². The van der Waals surface area contributed by atoms with Crippen LogP contribution in [-0.4, -0.2) is 10.8 Å². The summed E-state index contributed by atoms with van der Waals surface area (Å²) >= 11 is 10.9. The monoisotopic (exact) mass is 289 g/mol. The largest absolute Gasteiger partial charge is 0.369 e. The molecule has 0 radical (unpaired) electrons. The van der Waals surface area contributed by atoms with Crippen LogP contribution in [0.5, 0.6) is 0 Å². The van der Waals surface area contributed by atoms with Crippen molar-refractivity contribution in [2.24, 2.45) is 0 Å². The highest BCUT2D eigenvalue weighted by Crippen LogP contribution is 2.10. The van der Waals surface area contributed by atoms with Gasteiger partial charge in [0.15, 0.2) is 0 Å². The lowest BCUT2D eigenvalue weighted by Crippen LogP contribution is -2.28. The fraction of sp³-hybridized carbons (Fsp3) is 0.0667. The van der Waals surface area contributed by atoms with Gasteiger partial charge in [-0.15, -0.1) is 0 Å². The van der Waals surface area contributed by atoms with E-state index in [4.69, 9.17) is 23.8 Å². The van der Waals surface area contributed by atoms with Gasteiger partial charge in [-0.2, -0.15) is 0 Å². The third kappa shape index (κ3) is 3.88. The van der Waals surface area contributed by atoms with Gasteiger partial charge in [-0.3, -0.25) is 4.79 Å². The Morgan fingerprint density at radius 3 is 2.32 bits per heavy atom. The number of carbonyl (C=O) groups is 1. The lowest BCUT2D eigenvalue weighted by molar-refractivity contribution is 0.106. The molecule has 0 atom stereocenters. The molecule has 0 aliphatic heterocycles. The molecular weight excluding hydrogens is 278 g/mol. The Morgan fingerprint density at radius 1 is 1.05 bits per heavy atom. The smallest absolute Gasteiger partial charge is 0.219 e. The summed E-state index contributed by atoms with van der Waals surface area (Å²) in [6.07, 6.45) is 0. The topological polar surface area (TPSA) is 29.1 Å². The zero-order valence-electron chi connectivity index (χ0n) is 10.1. The van der Waals surface area contributed by atoms with Crippen LogP contribution in [0.15, 0.2) is 54.6 Å². The molecule has 0 aromatic heterocycles. The number of carbonyl (C=O) groups excluding carboxylic acids is 1. The third-order valence-electron chi connectivity index (χ3n) is 2.61. The zero-order valence-corrected chi connectivity index (χ0v) is 11.7. The van der Waals surface area contributed by atoms with Crippen LogP contribution in [0.1, 0.15) is 15.9 Å². The van der Waals surface area contributed by atoms with E-state index in [1.807, 2.05) is 30.3 Å². The second-order valence-corrected chi connectivity index (χ2v) is 4.85. The van der Waals surface area contributed by atoms with Crippen LogP contribution in [-0.2, 0) is 6.54 Å². The van der Waals surface area contributed by atoms with Gasteiger partial charge in [-0.1, -0.05) is 54.2 Å². The van der Waals surface area contributed by atoms with E-state index in [1.165, 1.54) is 0 Å². The normalized spacial score (nSPS) is 9.95. The van der Waals surface area contributed by atoms with Crippen LogP contribution in [0.25, 0.3) is 0 Å². The second-order valence-electron chi connectivity index (χ2n) is 4.00. The summed E-state index contributed by atoms with van der Waals surface area (Å²) in [5, 5.41) is 3.56. The lowest BCUT2D eigenvalue weighted by Gasteiger charge is -2.07. The highest BCUT2D eigenvalue weighted by Gasteiger charge is 2.11. The van der Waals surface area contributed by atoms with E-state index >= 15 is 0 Å². The van der Waals surface area contributed by atoms with Crippen molar-refractivity contribution in [3.63, 3.8) is 0 Å². The first-order chi connectivity index (χ1) is 9.16. The maximum absolute atomic E-state index is 12.0. The quantitative estimate of drug-likeness (QED) is 0.688. The molecule has 0 aliphatic carbocycles. The molecule has 0 aliphatic rings. The molecule has 2 nitrogen and oxygen atoms in total. The number of thiocarbonyl (C=S) groups is 1. The van der Waals surface area contributed by atoms with E-state index in [0.29, 0.717) is 17.1 Å². The molecule has 2 aromatic carbocycles. The van der Waals surface area contributed by atoms with Gasteiger partial charge < -0.3 is 5.32 Å². The van der Waals surface area contributed by atoms with E-state index in [2.05, 4.69) is 5.32 Å². The fourth-order valence-electron chi connectivity index (χ4n) is 1.59. The molecule has 1 N–H and O–H groups in total. The van der Waals surface area contributed by atoms with E-state index in [1.54, 1.807) is 24.3 Å². The van der Waals surface area contributed by atoms with Crippen molar-refractivity contribution in [1.82, 2.24) is 5.32 Å². The Labute approximate surface area is 122 Å². The van der Waals surface area contributed by atoms with Crippen molar-refractivity contribution in [2.75, 3.05) is 0 Å². The van der Waals surface area contributed by atoms with E-state index in [9.17, 15) is 4.79 Å². The molecule has 0 amide bonds. The molecule has 96 valence electrons. The number of hydrogen-bond acceptors (Lipinski definition) is 2. The van der Waals surface area contributed by atoms with Crippen molar-refractivity contribution in [1.29, 1.82) is 0 Å². The van der Waals surface area contributed by atoms with Crippen molar-refractivity contribution in [3.05, 3.63) is 70.7 Å². The average molecular weight is 290 g/mol. The first kappa shape index (κ1) is 13.7. The van der Waals surface area contributed by atoms with Crippen molar-refractivity contribution < 1.29 is 4.79 Å². The summed E-state index contributed by atoms with van der Waals surface area (Å²) in [4.78, 5) is 12.2. The molecule has 0 saturated carbocycles. The van der Waals surface area contributed by atoms with Crippen LogP contribution in [0, 0.1) is 0 Å². The number of halogens is 1. The van der Waals surface area contributed by atoms with Gasteiger partial charge in [0.05, 0.1) is 0 Å². The highest BCUT2D eigenvalue weighted by atomic mass is 35.5. The van der Waals surface area contributed by atoms with Gasteiger partial charge in [0.2, 0.25) is 5.78 Å². The second kappa shape index (κ2) is 6.45. The van der Waals surface area contributed by atoms with Crippen LogP contribution in [0.2, 0.25) is 5.02 Å². The molecule has 19 heavy (non-hydrogen) atoms. The Morgan fingerprint density at radius 2 is 1.68 bits per heavy atom. The molecule has 0 fully saturated rings. The first-order valence-corrected chi connectivity index (χ1v) is 6.57. The third-order valence-corrected chi connectivity index (χ3v) is 3.19. The van der Waals surface area contributed by atoms with Crippen LogP contribution >= 0.6 is 23.8 Å². The van der Waals surface area contributed by atoms with Crippen molar-refractivity contribution >= 4 is 34.6 Å². The molecule has 0 bridgehead atoms. The van der Waals surface area contributed by atoms with Crippen LogP contribution in [0.3, 0.4) is 0 Å². The predicted octanol–water partition coefficient (Wildman–Crippen LogP) is 3.64. The van der Waals surface area contributed by atoms with E-state index in [-0.39, 0.29) is 10.8 Å². The number of nitrogens with one attached hydrogen (secondary N) is 1. The van der Waals surface area contributed by atoms with Gasteiger partial charge >= 0.3 is 0 Å². The average Bonchev–Trinajstić information content (AvgIpc) is 2.46.